The zero-order valence-electron chi connectivity index (χ0n) is 28.6. The minimum absolute atomic E-state index is 0.0508. The number of hydrogen-bond donors (Lipinski definition) is 3. The van der Waals surface area contributed by atoms with Crippen molar-refractivity contribution < 1.29 is 29.3 Å². The molecule has 1 amide bonds. The van der Waals surface area contributed by atoms with Crippen molar-refractivity contribution >= 4 is 23.7 Å². The Morgan fingerprint density at radius 1 is 0.792 bits per heavy atom. The molecule has 48 heavy (non-hydrogen) atoms. The number of carbonyl (C=O) groups is 3. The molecule has 0 fully saturated rings. The predicted molar refractivity (Wildman–Crippen MR) is 195 cm³/mol. The average Bonchev–Trinajstić information content (AvgIpc) is 3.09. The first kappa shape index (κ1) is 41.9. The molecular formula is C40H56N2O6. The molecule has 0 saturated carbocycles. The van der Waals surface area contributed by atoms with Crippen LogP contribution in [0, 0.1) is 0 Å². The largest absolute Gasteiger partial charge is 0.456 e. The fraction of sp³-hybridized carbons (Fsp3) is 0.450. The number of nitrogens with zero attached hydrogens (tertiary/aromatic N) is 1. The highest BCUT2D eigenvalue weighted by atomic mass is 16.6. The fourth-order valence-corrected chi connectivity index (χ4v) is 4.34. The summed E-state index contributed by atoms with van der Waals surface area (Å²) in [5.41, 5.74) is 0.848. The predicted octanol–water partition coefficient (Wildman–Crippen LogP) is 7.47. The van der Waals surface area contributed by atoms with Gasteiger partial charge in [0.25, 0.3) is 0 Å². The molecule has 0 aliphatic rings. The zero-order chi connectivity index (χ0) is 34.9. The lowest BCUT2D eigenvalue weighted by Gasteiger charge is -2.20. The number of pyridine rings is 1. The van der Waals surface area contributed by atoms with Crippen LogP contribution < -0.4 is 5.32 Å². The van der Waals surface area contributed by atoms with E-state index in [-0.39, 0.29) is 24.5 Å². The summed E-state index contributed by atoms with van der Waals surface area (Å²) >= 11 is 0. The molecule has 1 atom stereocenters. The summed E-state index contributed by atoms with van der Waals surface area (Å²) in [4.78, 5) is 41.5. The molecule has 1 rings (SSSR count). The van der Waals surface area contributed by atoms with Crippen LogP contribution in [0.15, 0.2) is 104 Å². The van der Waals surface area contributed by atoms with Gasteiger partial charge >= 0.3 is 5.97 Å². The number of ether oxygens (including phenoxy) is 1. The molecule has 0 bridgehead atoms. The molecule has 1 heterocycles. The number of ketones is 1. The first-order chi connectivity index (χ1) is 23.5. The first-order valence-corrected chi connectivity index (χ1v) is 17.2. The Morgan fingerprint density at radius 2 is 1.38 bits per heavy atom. The Hall–Kier alpha value is -4.14. The highest BCUT2D eigenvalue weighted by Crippen LogP contribution is 2.10. The van der Waals surface area contributed by atoms with Crippen molar-refractivity contribution in [2.75, 3.05) is 13.2 Å². The fourth-order valence-electron chi connectivity index (χ4n) is 4.34. The SMILES string of the molecule is CC/C=C\C/C=C\C/C=C\C/C=C\C/C=C\C/C=C\CCC(=O)CCCC[C@H](NC(=O)C/C=C/c1cccnc1)C(=O)OC(CO)CO. The van der Waals surface area contributed by atoms with Crippen LogP contribution in [0.3, 0.4) is 0 Å². The third-order valence-corrected chi connectivity index (χ3v) is 6.99. The summed E-state index contributed by atoms with van der Waals surface area (Å²) in [7, 11) is 0. The van der Waals surface area contributed by atoms with E-state index < -0.39 is 31.3 Å². The van der Waals surface area contributed by atoms with Crippen molar-refractivity contribution in [3.63, 3.8) is 0 Å². The monoisotopic (exact) mass is 660 g/mol. The molecule has 8 heteroatoms. The third-order valence-electron chi connectivity index (χ3n) is 6.99. The second-order valence-electron chi connectivity index (χ2n) is 11.2. The summed E-state index contributed by atoms with van der Waals surface area (Å²) in [5, 5.41) is 21.2. The number of hydrogen-bond acceptors (Lipinski definition) is 7. The van der Waals surface area contributed by atoms with Gasteiger partial charge in [0.1, 0.15) is 17.9 Å². The topological polar surface area (TPSA) is 126 Å². The maximum atomic E-state index is 12.7. The number of aromatic nitrogens is 1. The van der Waals surface area contributed by atoms with E-state index in [4.69, 9.17) is 4.74 Å². The van der Waals surface area contributed by atoms with Crippen molar-refractivity contribution in [2.45, 2.75) is 103 Å². The summed E-state index contributed by atoms with van der Waals surface area (Å²) in [6, 6.07) is 2.70. The Bertz CT molecular complexity index is 1210. The van der Waals surface area contributed by atoms with Crippen molar-refractivity contribution in [1.29, 1.82) is 0 Å². The molecular weight excluding hydrogens is 604 g/mol. The third kappa shape index (κ3) is 24.1. The summed E-state index contributed by atoms with van der Waals surface area (Å²) in [5.74, 6) is -0.940. The number of aliphatic hydroxyl groups excluding tert-OH is 2. The van der Waals surface area contributed by atoms with Crippen molar-refractivity contribution in [1.82, 2.24) is 10.3 Å². The maximum absolute atomic E-state index is 12.7. The van der Waals surface area contributed by atoms with E-state index >= 15 is 0 Å². The molecule has 1 aromatic heterocycles. The molecule has 0 spiro atoms. The number of rotatable bonds is 27. The molecule has 0 radical (unpaired) electrons. The number of amides is 1. The van der Waals surface area contributed by atoms with Gasteiger partial charge in [0.2, 0.25) is 5.91 Å². The van der Waals surface area contributed by atoms with Crippen LogP contribution in [-0.4, -0.2) is 58.2 Å². The van der Waals surface area contributed by atoms with Gasteiger partial charge in [0.05, 0.1) is 13.2 Å². The molecule has 0 saturated heterocycles. The van der Waals surface area contributed by atoms with Crippen molar-refractivity contribution in [2.24, 2.45) is 0 Å². The van der Waals surface area contributed by atoms with Crippen LogP contribution in [0.25, 0.3) is 6.08 Å². The molecule has 0 aliphatic heterocycles. The molecule has 1 aromatic rings. The smallest absolute Gasteiger partial charge is 0.329 e. The Labute approximate surface area is 287 Å². The van der Waals surface area contributed by atoms with E-state index in [1.165, 1.54) is 0 Å². The van der Waals surface area contributed by atoms with Crippen LogP contribution in [0.5, 0.6) is 0 Å². The van der Waals surface area contributed by atoms with E-state index in [1.54, 1.807) is 30.6 Å². The molecule has 8 nitrogen and oxygen atoms in total. The van der Waals surface area contributed by atoms with Crippen LogP contribution >= 0.6 is 0 Å². The molecule has 0 unspecified atom stereocenters. The Balaban J connectivity index is 2.27. The number of Topliss-reactive ketones (excluding diaryl/α,β-unsaturated/α-hetero) is 1. The number of nitrogens with one attached hydrogen (secondary N) is 1. The summed E-state index contributed by atoms with van der Waals surface area (Å²) < 4.78 is 5.14. The van der Waals surface area contributed by atoms with Gasteiger partial charge in [-0.05, 0) is 69.4 Å². The van der Waals surface area contributed by atoms with Crippen molar-refractivity contribution in [3.05, 3.63) is 109 Å². The van der Waals surface area contributed by atoms with Gasteiger partial charge in [-0.3, -0.25) is 14.6 Å². The average molecular weight is 661 g/mol. The van der Waals surface area contributed by atoms with E-state index in [9.17, 15) is 24.6 Å². The number of esters is 1. The first-order valence-electron chi connectivity index (χ1n) is 17.2. The van der Waals surface area contributed by atoms with Crippen LogP contribution in [0.1, 0.15) is 96.0 Å². The van der Waals surface area contributed by atoms with Crippen molar-refractivity contribution in [3.8, 4) is 0 Å². The number of carbonyl (C=O) groups excluding carboxylic acids is 3. The van der Waals surface area contributed by atoms with Gasteiger partial charge in [0, 0.05) is 31.7 Å². The number of allylic oxidation sites excluding steroid dienone is 12. The normalized spacial score (nSPS) is 13.1. The summed E-state index contributed by atoms with van der Waals surface area (Å²) in [6.07, 6.45) is 40.2. The van der Waals surface area contributed by atoms with E-state index in [0.29, 0.717) is 32.1 Å². The molecule has 262 valence electrons. The molecule has 0 aromatic carbocycles. The van der Waals surface area contributed by atoms with Gasteiger partial charge in [-0.1, -0.05) is 104 Å². The summed E-state index contributed by atoms with van der Waals surface area (Å²) in [6.45, 7) is 1.09. The second kappa shape index (κ2) is 30.2. The van der Waals surface area contributed by atoms with E-state index in [0.717, 1.165) is 44.1 Å². The van der Waals surface area contributed by atoms with Crippen LogP contribution in [0.2, 0.25) is 0 Å². The van der Waals surface area contributed by atoms with Crippen LogP contribution in [0.4, 0.5) is 0 Å². The molecule has 0 aliphatic carbocycles. The lowest BCUT2D eigenvalue weighted by atomic mass is 10.0. The van der Waals surface area contributed by atoms with E-state index in [1.807, 2.05) is 12.1 Å². The second-order valence-corrected chi connectivity index (χ2v) is 11.2. The minimum Gasteiger partial charge on any atom is -0.456 e. The highest BCUT2D eigenvalue weighted by molar-refractivity contribution is 5.85. The standard InChI is InChI=1S/C40H56N2O6/c1-2-3-4-5-6-7-8-9-10-11-12-13-14-15-16-17-18-19-20-27-36(45)28-21-22-29-38(40(47)48-37(33-43)34-44)42-39(46)30-23-25-35-26-24-31-41-32-35/h3-4,6-7,9-10,12-13,15-16,18-19,23-26,31-32,37-38,43-44H,2,5,8,11,14,17,20-22,27-30,33-34H2,1H3,(H,42,46)/b4-3-,7-6-,10-9-,13-12-,16-15-,19-18-,25-23+/t38-/m0/s1. The Kier molecular flexibility index (Phi) is 26.4. The minimum atomic E-state index is -1.06. The highest BCUT2D eigenvalue weighted by Gasteiger charge is 2.24. The van der Waals surface area contributed by atoms with Crippen LogP contribution in [-0.2, 0) is 19.1 Å². The lowest BCUT2D eigenvalue weighted by Crippen LogP contribution is -2.43. The van der Waals surface area contributed by atoms with Gasteiger partial charge in [-0.2, -0.15) is 0 Å². The maximum Gasteiger partial charge on any atom is 0.329 e. The Morgan fingerprint density at radius 3 is 1.92 bits per heavy atom. The van der Waals surface area contributed by atoms with Gasteiger partial charge in [-0.15, -0.1) is 0 Å². The van der Waals surface area contributed by atoms with Gasteiger partial charge in [-0.25, -0.2) is 4.79 Å². The molecule has 3 N–H and O–H groups in total. The zero-order valence-corrected chi connectivity index (χ0v) is 28.6. The van der Waals surface area contributed by atoms with E-state index in [2.05, 4.69) is 84.1 Å². The quantitative estimate of drug-likeness (QED) is 0.0508. The number of unbranched alkanes of at least 4 members (excludes halogenated alkanes) is 1. The number of aliphatic hydroxyl groups is 2. The lowest BCUT2D eigenvalue weighted by molar-refractivity contribution is -0.157. The van der Waals surface area contributed by atoms with Gasteiger partial charge < -0.3 is 20.3 Å². The van der Waals surface area contributed by atoms with Gasteiger partial charge in [0.15, 0.2) is 0 Å².